The third kappa shape index (κ3) is 4.66. The number of hydrogen-bond donors (Lipinski definition) is 1. The number of nitrogens with zero attached hydrogens (tertiary/aromatic N) is 3. The number of rotatable bonds is 6. The molecule has 0 aliphatic carbocycles. The maximum atomic E-state index is 12.8. The highest BCUT2D eigenvalue weighted by atomic mass is 16.5. The zero-order chi connectivity index (χ0) is 22.5. The van der Waals surface area contributed by atoms with Gasteiger partial charge >= 0.3 is 0 Å². The number of hydrogen-bond acceptors (Lipinski definition) is 4. The van der Waals surface area contributed by atoms with E-state index in [-0.39, 0.29) is 17.9 Å². The van der Waals surface area contributed by atoms with Crippen molar-refractivity contribution >= 4 is 17.6 Å². The summed E-state index contributed by atoms with van der Waals surface area (Å²) in [6, 6.07) is 17.1. The van der Waals surface area contributed by atoms with Crippen LogP contribution in [0.1, 0.15) is 40.4 Å². The highest BCUT2D eigenvalue weighted by Gasteiger charge is 2.26. The second kappa shape index (κ2) is 9.68. The lowest BCUT2D eigenvalue weighted by molar-refractivity contribution is -0.131. The van der Waals surface area contributed by atoms with E-state index in [9.17, 15) is 9.59 Å². The number of ether oxygens (including phenoxy) is 1. The van der Waals surface area contributed by atoms with Crippen LogP contribution in [0.25, 0.3) is 0 Å². The van der Waals surface area contributed by atoms with Crippen molar-refractivity contribution in [3.63, 3.8) is 0 Å². The van der Waals surface area contributed by atoms with Crippen LogP contribution in [0.2, 0.25) is 0 Å². The van der Waals surface area contributed by atoms with Gasteiger partial charge in [0.15, 0.2) is 0 Å². The number of aryl methyl sites for hydroxylation is 1. The van der Waals surface area contributed by atoms with Gasteiger partial charge < -0.3 is 15.0 Å². The Balaban J connectivity index is 1.37. The number of piperidine rings is 1. The lowest BCUT2D eigenvalue weighted by atomic mass is 10.0. The summed E-state index contributed by atoms with van der Waals surface area (Å²) in [5.41, 5.74) is 2.48. The molecule has 0 bridgehead atoms. The van der Waals surface area contributed by atoms with Gasteiger partial charge in [0.1, 0.15) is 11.6 Å². The topological polar surface area (TPSA) is 76.5 Å². The van der Waals surface area contributed by atoms with Gasteiger partial charge in [-0.3, -0.25) is 9.59 Å². The van der Waals surface area contributed by atoms with E-state index in [1.807, 2.05) is 71.1 Å². The first-order valence-corrected chi connectivity index (χ1v) is 10.9. The Bertz CT molecular complexity index is 1100. The number of anilines is 1. The van der Waals surface area contributed by atoms with Crippen molar-refractivity contribution < 1.29 is 14.3 Å². The summed E-state index contributed by atoms with van der Waals surface area (Å²) >= 11 is 0. The number of nitrogens with one attached hydrogen (secondary N) is 1. The van der Waals surface area contributed by atoms with Crippen LogP contribution in [0.4, 0.5) is 5.82 Å². The molecule has 32 heavy (non-hydrogen) atoms. The minimum atomic E-state index is -0.144. The SMILES string of the molecule is COc1ccccc1CC(=O)N1CCC(n2nccc2NC(=O)c2ccccc2C)CC1. The first kappa shape index (κ1) is 21.6. The van der Waals surface area contributed by atoms with Gasteiger partial charge in [-0.1, -0.05) is 36.4 Å². The molecule has 0 atom stereocenters. The number of para-hydroxylation sites is 1. The zero-order valence-corrected chi connectivity index (χ0v) is 18.5. The number of amides is 2. The minimum Gasteiger partial charge on any atom is -0.496 e. The van der Waals surface area contributed by atoms with Crippen LogP contribution in [0.15, 0.2) is 60.8 Å². The molecule has 0 radical (unpaired) electrons. The van der Waals surface area contributed by atoms with Crippen molar-refractivity contribution in [2.45, 2.75) is 32.2 Å². The largest absolute Gasteiger partial charge is 0.496 e. The van der Waals surface area contributed by atoms with E-state index < -0.39 is 0 Å². The summed E-state index contributed by atoms with van der Waals surface area (Å²) < 4.78 is 7.24. The molecule has 0 unspecified atom stereocenters. The van der Waals surface area contributed by atoms with Crippen LogP contribution in [0.3, 0.4) is 0 Å². The highest BCUT2D eigenvalue weighted by molar-refractivity contribution is 6.04. The Kier molecular flexibility index (Phi) is 6.54. The Morgan fingerprint density at radius 1 is 1.06 bits per heavy atom. The van der Waals surface area contributed by atoms with Gasteiger partial charge in [0.2, 0.25) is 5.91 Å². The Hall–Kier alpha value is -3.61. The van der Waals surface area contributed by atoms with Crippen molar-refractivity contribution in [2.75, 3.05) is 25.5 Å². The van der Waals surface area contributed by atoms with E-state index in [0.29, 0.717) is 30.9 Å². The maximum Gasteiger partial charge on any atom is 0.257 e. The molecule has 1 aromatic heterocycles. The fourth-order valence-corrected chi connectivity index (χ4v) is 4.20. The smallest absolute Gasteiger partial charge is 0.257 e. The lowest BCUT2D eigenvalue weighted by Gasteiger charge is -2.33. The van der Waals surface area contributed by atoms with Gasteiger partial charge in [0, 0.05) is 30.3 Å². The molecule has 2 amide bonds. The van der Waals surface area contributed by atoms with Crippen LogP contribution >= 0.6 is 0 Å². The Labute approximate surface area is 188 Å². The molecule has 1 N–H and O–H groups in total. The molecule has 1 saturated heterocycles. The minimum absolute atomic E-state index is 0.0986. The summed E-state index contributed by atoms with van der Waals surface area (Å²) in [6.07, 6.45) is 3.60. The molecule has 3 aromatic rings. The van der Waals surface area contributed by atoms with Crippen molar-refractivity contribution in [1.82, 2.24) is 14.7 Å². The van der Waals surface area contributed by atoms with E-state index in [1.165, 1.54) is 0 Å². The van der Waals surface area contributed by atoms with Crippen LogP contribution in [-0.4, -0.2) is 46.7 Å². The molecule has 2 heterocycles. The monoisotopic (exact) mass is 432 g/mol. The average Bonchev–Trinajstić information content (AvgIpc) is 3.27. The average molecular weight is 433 g/mol. The fraction of sp³-hybridized carbons (Fsp3) is 0.320. The summed E-state index contributed by atoms with van der Waals surface area (Å²) in [6.45, 7) is 3.23. The van der Waals surface area contributed by atoms with E-state index >= 15 is 0 Å². The van der Waals surface area contributed by atoms with Crippen molar-refractivity contribution in [3.05, 3.63) is 77.5 Å². The summed E-state index contributed by atoms with van der Waals surface area (Å²) in [5.74, 6) is 1.37. The van der Waals surface area contributed by atoms with Gasteiger partial charge in [-0.2, -0.15) is 5.10 Å². The van der Waals surface area contributed by atoms with E-state index in [4.69, 9.17) is 4.74 Å². The van der Waals surface area contributed by atoms with Gasteiger partial charge in [0.05, 0.1) is 25.8 Å². The number of carbonyl (C=O) groups is 2. The number of aromatic nitrogens is 2. The molecular weight excluding hydrogens is 404 g/mol. The van der Waals surface area contributed by atoms with Gasteiger partial charge in [-0.15, -0.1) is 0 Å². The molecule has 1 aliphatic rings. The highest BCUT2D eigenvalue weighted by Crippen LogP contribution is 2.27. The van der Waals surface area contributed by atoms with Crippen LogP contribution in [0.5, 0.6) is 5.75 Å². The molecule has 1 aliphatic heterocycles. The second-order valence-electron chi connectivity index (χ2n) is 8.03. The first-order valence-electron chi connectivity index (χ1n) is 10.9. The quantitative estimate of drug-likeness (QED) is 0.642. The second-order valence-corrected chi connectivity index (χ2v) is 8.03. The summed E-state index contributed by atoms with van der Waals surface area (Å²) in [5, 5.41) is 7.44. The number of benzene rings is 2. The number of carbonyl (C=O) groups excluding carboxylic acids is 2. The normalized spacial score (nSPS) is 14.2. The third-order valence-electron chi connectivity index (χ3n) is 6.00. The molecule has 166 valence electrons. The molecule has 7 nitrogen and oxygen atoms in total. The van der Waals surface area contributed by atoms with E-state index in [1.54, 1.807) is 13.3 Å². The van der Waals surface area contributed by atoms with E-state index in [0.717, 1.165) is 29.7 Å². The van der Waals surface area contributed by atoms with Gasteiger partial charge in [-0.25, -0.2) is 4.68 Å². The van der Waals surface area contributed by atoms with Crippen LogP contribution < -0.4 is 10.1 Å². The molecule has 2 aromatic carbocycles. The molecule has 0 saturated carbocycles. The zero-order valence-electron chi connectivity index (χ0n) is 18.5. The van der Waals surface area contributed by atoms with Crippen molar-refractivity contribution in [1.29, 1.82) is 0 Å². The molecular formula is C25H28N4O3. The first-order chi connectivity index (χ1) is 15.6. The molecule has 0 spiro atoms. The number of methoxy groups -OCH3 is 1. The van der Waals surface area contributed by atoms with Crippen molar-refractivity contribution in [3.8, 4) is 5.75 Å². The van der Waals surface area contributed by atoms with Gasteiger partial charge in [0.25, 0.3) is 5.91 Å². The van der Waals surface area contributed by atoms with Gasteiger partial charge in [-0.05, 0) is 37.5 Å². The molecule has 1 fully saturated rings. The standard InChI is InChI=1S/C25H28N4O3/c1-18-7-3-5-9-21(18)25(31)27-23-11-14-26-29(23)20-12-15-28(16-13-20)24(30)17-19-8-4-6-10-22(19)32-2/h3-11,14,20H,12-13,15-17H2,1-2H3,(H,27,31). The fourth-order valence-electron chi connectivity index (χ4n) is 4.20. The lowest BCUT2D eigenvalue weighted by Crippen LogP contribution is -2.40. The molecule has 7 heteroatoms. The van der Waals surface area contributed by atoms with Crippen molar-refractivity contribution in [2.24, 2.45) is 0 Å². The predicted octanol–water partition coefficient (Wildman–Crippen LogP) is 3.86. The van der Waals surface area contributed by atoms with Crippen LogP contribution in [-0.2, 0) is 11.2 Å². The maximum absolute atomic E-state index is 12.8. The summed E-state index contributed by atoms with van der Waals surface area (Å²) in [7, 11) is 1.62. The third-order valence-corrected chi connectivity index (χ3v) is 6.00. The predicted molar refractivity (Wildman–Crippen MR) is 123 cm³/mol. The van der Waals surface area contributed by atoms with Crippen LogP contribution in [0, 0.1) is 6.92 Å². The Morgan fingerprint density at radius 3 is 2.53 bits per heavy atom. The Morgan fingerprint density at radius 2 is 1.78 bits per heavy atom. The summed E-state index contributed by atoms with van der Waals surface area (Å²) in [4.78, 5) is 27.4. The molecule has 4 rings (SSSR count). The number of likely N-dealkylation sites (tertiary alicyclic amines) is 1. The van der Waals surface area contributed by atoms with E-state index in [2.05, 4.69) is 10.4 Å².